The Morgan fingerprint density at radius 3 is 2.53 bits per heavy atom. The van der Waals surface area contributed by atoms with E-state index in [4.69, 9.17) is 5.73 Å². The normalized spacial score (nSPS) is 15.6. The van der Waals surface area contributed by atoms with E-state index in [0.29, 0.717) is 0 Å². The lowest BCUT2D eigenvalue weighted by Crippen LogP contribution is -2.51. The van der Waals surface area contributed by atoms with Crippen LogP contribution in [0.2, 0.25) is 0 Å². The van der Waals surface area contributed by atoms with Gasteiger partial charge in [0, 0.05) is 11.6 Å². The molecule has 1 aromatic carbocycles. The van der Waals surface area contributed by atoms with Crippen LogP contribution in [0.5, 0.6) is 0 Å². The molecular weight excluding hydrogens is 243 g/mol. The summed E-state index contributed by atoms with van der Waals surface area (Å²) < 4.78 is 13.4. The van der Waals surface area contributed by atoms with Crippen LogP contribution in [0.1, 0.15) is 38.8 Å². The molecule has 0 spiro atoms. The van der Waals surface area contributed by atoms with Crippen LogP contribution in [0.4, 0.5) is 4.39 Å². The lowest BCUT2D eigenvalue weighted by atomic mass is 9.92. The van der Waals surface area contributed by atoms with Crippen LogP contribution in [0.3, 0.4) is 0 Å². The van der Waals surface area contributed by atoms with Crippen LogP contribution in [0, 0.1) is 5.82 Å². The summed E-state index contributed by atoms with van der Waals surface area (Å²) in [5.41, 5.74) is 6.64. The van der Waals surface area contributed by atoms with Gasteiger partial charge < -0.3 is 10.8 Å². The molecule has 2 atom stereocenters. The summed E-state index contributed by atoms with van der Waals surface area (Å²) in [4.78, 5) is 2.02. The summed E-state index contributed by atoms with van der Waals surface area (Å²) in [5.74, 6) is -0.263. The third-order valence-corrected chi connectivity index (χ3v) is 3.83. The van der Waals surface area contributed by atoms with Crippen molar-refractivity contribution in [3.63, 3.8) is 0 Å². The Balaban J connectivity index is 3.15. The first-order valence-electron chi connectivity index (χ1n) is 6.68. The largest absolute Gasteiger partial charge is 0.394 e. The molecule has 0 aliphatic rings. The highest BCUT2D eigenvalue weighted by molar-refractivity contribution is 5.22. The van der Waals surface area contributed by atoms with Crippen molar-refractivity contribution in [2.75, 3.05) is 13.7 Å². The van der Waals surface area contributed by atoms with Crippen LogP contribution in [-0.2, 0) is 0 Å². The second kappa shape index (κ2) is 6.46. The van der Waals surface area contributed by atoms with Gasteiger partial charge in [0.1, 0.15) is 5.82 Å². The number of rotatable bonds is 6. The summed E-state index contributed by atoms with van der Waals surface area (Å²) >= 11 is 0. The summed E-state index contributed by atoms with van der Waals surface area (Å²) in [6.45, 7) is 5.92. The number of likely N-dealkylation sites (N-methyl/N-ethyl adjacent to an activating group) is 1. The Morgan fingerprint density at radius 1 is 1.42 bits per heavy atom. The van der Waals surface area contributed by atoms with Crippen molar-refractivity contribution in [1.29, 1.82) is 0 Å². The fraction of sp³-hybridized carbons (Fsp3) is 0.600. The molecular formula is C15H25FN2O. The van der Waals surface area contributed by atoms with Crippen molar-refractivity contribution in [2.24, 2.45) is 5.73 Å². The van der Waals surface area contributed by atoms with Gasteiger partial charge in [0.15, 0.2) is 0 Å². The van der Waals surface area contributed by atoms with Gasteiger partial charge >= 0.3 is 0 Å². The Labute approximate surface area is 115 Å². The van der Waals surface area contributed by atoms with Gasteiger partial charge in [0.2, 0.25) is 0 Å². The monoisotopic (exact) mass is 268 g/mol. The molecule has 0 amide bonds. The molecule has 0 radical (unpaired) electrons. The Kier molecular flexibility index (Phi) is 5.47. The number of nitrogens with two attached hydrogens (primary N) is 1. The molecule has 1 rings (SSSR count). The molecule has 19 heavy (non-hydrogen) atoms. The van der Waals surface area contributed by atoms with Gasteiger partial charge in [-0.25, -0.2) is 4.39 Å². The standard InChI is InChI=1S/C15H25FN2O/c1-5-13(17)14(18(4)15(2,3)10-19)11-7-6-8-12(16)9-11/h6-9,13-14,19H,5,10,17H2,1-4H3. The molecule has 108 valence electrons. The fourth-order valence-corrected chi connectivity index (χ4v) is 2.16. The first kappa shape index (κ1) is 16.1. The van der Waals surface area contributed by atoms with Gasteiger partial charge in [-0.05, 0) is 45.0 Å². The maximum Gasteiger partial charge on any atom is 0.123 e. The molecule has 2 unspecified atom stereocenters. The number of hydrogen-bond acceptors (Lipinski definition) is 3. The lowest BCUT2D eigenvalue weighted by molar-refractivity contribution is 0.0344. The van der Waals surface area contributed by atoms with Crippen LogP contribution in [0.25, 0.3) is 0 Å². The second-order valence-electron chi connectivity index (χ2n) is 5.65. The molecule has 1 aromatic rings. The van der Waals surface area contributed by atoms with Crippen molar-refractivity contribution in [3.05, 3.63) is 35.6 Å². The van der Waals surface area contributed by atoms with Crippen LogP contribution < -0.4 is 5.73 Å². The highest BCUT2D eigenvalue weighted by Gasteiger charge is 2.33. The zero-order chi connectivity index (χ0) is 14.6. The second-order valence-corrected chi connectivity index (χ2v) is 5.65. The summed E-state index contributed by atoms with van der Waals surface area (Å²) in [6.07, 6.45) is 0.785. The molecule has 4 heteroatoms. The predicted octanol–water partition coefficient (Wildman–Crippen LogP) is 2.31. The van der Waals surface area contributed by atoms with E-state index >= 15 is 0 Å². The molecule has 0 bridgehead atoms. The zero-order valence-corrected chi connectivity index (χ0v) is 12.2. The molecule has 0 aliphatic carbocycles. The smallest absolute Gasteiger partial charge is 0.123 e. The molecule has 0 saturated heterocycles. The summed E-state index contributed by atoms with van der Waals surface area (Å²) in [5, 5.41) is 9.51. The van der Waals surface area contributed by atoms with E-state index in [9.17, 15) is 9.50 Å². The fourth-order valence-electron chi connectivity index (χ4n) is 2.16. The van der Waals surface area contributed by atoms with Gasteiger partial charge in [-0.2, -0.15) is 0 Å². The highest BCUT2D eigenvalue weighted by atomic mass is 19.1. The van der Waals surface area contributed by atoms with Crippen molar-refractivity contribution < 1.29 is 9.50 Å². The first-order chi connectivity index (χ1) is 8.83. The number of nitrogens with zero attached hydrogens (tertiary/aromatic N) is 1. The number of halogens is 1. The number of aliphatic hydroxyl groups excluding tert-OH is 1. The molecule has 3 N–H and O–H groups in total. The van der Waals surface area contributed by atoms with E-state index in [2.05, 4.69) is 0 Å². The van der Waals surface area contributed by atoms with E-state index < -0.39 is 5.54 Å². The maximum atomic E-state index is 13.4. The topological polar surface area (TPSA) is 49.5 Å². The number of aliphatic hydroxyl groups is 1. The van der Waals surface area contributed by atoms with Crippen molar-refractivity contribution in [3.8, 4) is 0 Å². The molecule has 0 aliphatic heterocycles. The van der Waals surface area contributed by atoms with E-state index in [1.54, 1.807) is 6.07 Å². The van der Waals surface area contributed by atoms with Crippen LogP contribution >= 0.6 is 0 Å². The first-order valence-corrected chi connectivity index (χ1v) is 6.68. The summed E-state index contributed by atoms with van der Waals surface area (Å²) in [7, 11) is 1.92. The average Bonchev–Trinajstić information content (AvgIpc) is 2.38. The van der Waals surface area contributed by atoms with Gasteiger partial charge in [0.05, 0.1) is 12.6 Å². The lowest BCUT2D eigenvalue weighted by Gasteiger charge is -2.42. The minimum absolute atomic E-state index is 0.0196. The average molecular weight is 268 g/mol. The third-order valence-electron chi connectivity index (χ3n) is 3.83. The molecule has 0 heterocycles. The minimum Gasteiger partial charge on any atom is -0.394 e. The van der Waals surface area contributed by atoms with Crippen molar-refractivity contribution in [2.45, 2.75) is 44.8 Å². The van der Waals surface area contributed by atoms with Crippen LogP contribution in [-0.4, -0.2) is 35.2 Å². The van der Waals surface area contributed by atoms with E-state index in [1.807, 2.05) is 38.8 Å². The SMILES string of the molecule is CCC(N)C(c1cccc(F)c1)N(C)C(C)(C)CO. The van der Waals surface area contributed by atoms with Crippen molar-refractivity contribution >= 4 is 0 Å². The quantitative estimate of drug-likeness (QED) is 0.832. The Morgan fingerprint density at radius 2 is 2.05 bits per heavy atom. The van der Waals surface area contributed by atoms with E-state index in [1.165, 1.54) is 12.1 Å². The maximum absolute atomic E-state index is 13.4. The van der Waals surface area contributed by atoms with Gasteiger partial charge in [-0.1, -0.05) is 19.1 Å². The van der Waals surface area contributed by atoms with Crippen molar-refractivity contribution in [1.82, 2.24) is 4.90 Å². The minimum atomic E-state index is -0.413. The van der Waals surface area contributed by atoms with Crippen LogP contribution in [0.15, 0.2) is 24.3 Å². The highest BCUT2D eigenvalue weighted by Crippen LogP contribution is 2.30. The van der Waals surface area contributed by atoms with E-state index in [-0.39, 0.29) is 24.5 Å². The van der Waals surface area contributed by atoms with Gasteiger partial charge in [-0.3, -0.25) is 4.90 Å². The number of benzene rings is 1. The molecule has 0 aromatic heterocycles. The van der Waals surface area contributed by atoms with E-state index in [0.717, 1.165) is 12.0 Å². The number of hydrogen-bond donors (Lipinski definition) is 2. The molecule has 3 nitrogen and oxygen atoms in total. The summed E-state index contributed by atoms with van der Waals surface area (Å²) in [6, 6.07) is 6.28. The predicted molar refractivity (Wildman–Crippen MR) is 76.3 cm³/mol. The zero-order valence-electron chi connectivity index (χ0n) is 12.2. The van der Waals surface area contributed by atoms with Gasteiger partial charge in [-0.15, -0.1) is 0 Å². The molecule has 0 fully saturated rings. The Bertz CT molecular complexity index is 409. The van der Waals surface area contributed by atoms with Gasteiger partial charge in [0.25, 0.3) is 0 Å². The third kappa shape index (κ3) is 3.75. The Hall–Kier alpha value is -0.970. The molecule has 0 saturated carbocycles.